The zero-order valence-electron chi connectivity index (χ0n) is 16.3. The molecule has 162 valence electrons. The van der Waals surface area contributed by atoms with Gasteiger partial charge in [-0.3, -0.25) is 4.79 Å². The highest BCUT2D eigenvalue weighted by atomic mass is 35.5. The minimum absolute atomic E-state index is 0.0302. The SMILES string of the molecule is O=C(Cc1noc(-c2ccccc2Cl)n1)N1CCN(c2cccc(C(F)(F)F)c2)CC1. The van der Waals surface area contributed by atoms with E-state index in [2.05, 4.69) is 10.1 Å². The van der Waals surface area contributed by atoms with E-state index in [1.54, 1.807) is 35.2 Å². The van der Waals surface area contributed by atoms with Gasteiger partial charge in [0.15, 0.2) is 5.82 Å². The van der Waals surface area contributed by atoms with Crippen LogP contribution in [0.1, 0.15) is 11.4 Å². The van der Waals surface area contributed by atoms with Crippen molar-refractivity contribution >= 4 is 23.2 Å². The number of aromatic nitrogens is 2. The molecule has 6 nitrogen and oxygen atoms in total. The van der Waals surface area contributed by atoms with Crippen molar-refractivity contribution in [1.82, 2.24) is 15.0 Å². The van der Waals surface area contributed by atoms with Gasteiger partial charge in [0.2, 0.25) is 5.91 Å². The molecule has 0 radical (unpaired) electrons. The number of carbonyl (C=O) groups excluding carboxylic acids is 1. The van der Waals surface area contributed by atoms with E-state index in [0.717, 1.165) is 12.1 Å². The highest BCUT2D eigenvalue weighted by Gasteiger charge is 2.31. The van der Waals surface area contributed by atoms with E-state index in [0.29, 0.717) is 42.5 Å². The van der Waals surface area contributed by atoms with Gasteiger partial charge in [0.25, 0.3) is 5.89 Å². The zero-order chi connectivity index (χ0) is 22.0. The van der Waals surface area contributed by atoms with Crippen molar-refractivity contribution in [2.45, 2.75) is 12.6 Å². The van der Waals surface area contributed by atoms with Crippen LogP contribution in [0, 0.1) is 0 Å². The molecule has 4 rings (SSSR count). The number of hydrogen-bond acceptors (Lipinski definition) is 5. The van der Waals surface area contributed by atoms with Gasteiger partial charge >= 0.3 is 6.18 Å². The van der Waals surface area contributed by atoms with E-state index in [1.807, 2.05) is 4.90 Å². The molecule has 2 heterocycles. The predicted molar refractivity (Wildman–Crippen MR) is 109 cm³/mol. The van der Waals surface area contributed by atoms with E-state index in [-0.39, 0.29) is 24.0 Å². The Balaban J connectivity index is 1.36. The fraction of sp³-hybridized carbons (Fsp3) is 0.286. The van der Waals surface area contributed by atoms with Gasteiger partial charge in [-0.1, -0.05) is 35.0 Å². The monoisotopic (exact) mass is 450 g/mol. The number of halogens is 4. The van der Waals surface area contributed by atoms with E-state index in [1.165, 1.54) is 6.07 Å². The van der Waals surface area contributed by atoms with Crippen LogP contribution in [0.25, 0.3) is 11.5 Å². The summed E-state index contributed by atoms with van der Waals surface area (Å²) >= 11 is 6.12. The van der Waals surface area contributed by atoms with Crippen LogP contribution in [0.15, 0.2) is 53.1 Å². The first-order valence-electron chi connectivity index (χ1n) is 9.59. The molecule has 0 saturated carbocycles. The molecule has 1 aromatic heterocycles. The van der Waals surface area contributed by atoms with Crippen LogP contribution < -0.4 is 4.90 Å². The van der Waals surface area contributed by atoms with Crippen molar-refractivity contribution < 1.29 is 22.5 Å². The van der Waals surface area contributed by atoms with Crippen molar-refractivity contribution in [2.75, 3.05) is 31.1 Å². The van der Waals surface area contributed by atoms with E-state index < -0.39 is 11.7 Å². The lowest BCUT2D eigenvalue weighted by atomic mass is 10.1. The largest absolute Gasteiger partial charge is 0.416 e. The van der Waals surface area contributed by atoms with Crippen molar-refractivity contribution in [1.29, 1.82) is 0 Å². The molecular weight excluding hydrogens is 433 g/mol. The predicted octanol–water partition coefficient (Wildman–Crippen LogP) is 4.30. The summed E-state index contributed by atoms with van der Waals surface area (Å²) in [4.78, 5) is 20.3. The maximum atomic E-state index is 12.9. The Labute approximate surface area is 181 Å². The number of hydrogen-bond donors (Lipinski definition) is 0. The van der Waals surface area contributed by atoms with Crippen LogP contribution in [0.5, 0.6) is 0 Å². The number of alkyl halides is 3. The lowest BCUT2D eigenvalue weighted by Gasteiger charge is -2.36. The summed E-state index contributed by atoms with van der Waals surface area (Å²) in [7, 11) is 0. The summed E-state index contributed by atoms with van der Waals surface area (Å²) in [6.45, 7) is 1.66. The van der Waals surface area contributed by atoms with Gasteiger partial charge in [0, 0.05) is 31.9 Å². The van der Waals surface area contributed by atoms with Crippen LogP contribution in [0.4, 0.5) is 18.9 Å². The molecule has 3 aromatic rings. The van der Waals surface area contributed by atoms with Crippen LogP contribution in [-0.4, -0.2) is 47.1 Å². The molecule has 31 heavy (non-hydrogen) atoms. The van der Waals surface area contributed by atoms with E-state index in [4.69, 9.17) is 16.1 Å². The minimum Gasteiger partial charge on any atom is -0.368 e. The molecule has 0 bridgehead atoms. The van der Waals surface area contributed by atoms with Crippen LogP contribution in [-0.2, 0) is 17.4 Å². The van der Waals surface area contributed by atoms with E-state index >= 15 is 0 Å². The Kier molecular flexibility index (Phi) is 5.86. The number of nitrogens with zero attached hydrogens (tertiary/aromatic N) is 4. The molecule has 0 N–H and O–H groups in total. The molecule has 1 aliphatic heterocycles. The third kappa shape index (κ3) is 4.82. The second-order valence-electron chi connectivity index (χ2n) is 7.09. The summed E-state index contributed by atoms with van der Waals surface area (Å²) < 4.78 is 44.0. The zero-order valence-corrected chi connectivity index (χ0v) is 17.0. The molecule has 0 spiro atoms. The van der Waals surface area contributed by atoms with Crippen LogP contribution in [0.3, 0.4) is 0 Å². The maximum absolute atomic E-state index is 12.9. The first-order valence-corrected chi connectivity index (χ1v) is 9.96. The van der Waals surface area contributed by atoms with Gasteiger partial charge in [-0.2, -0.15) is 18.2 Å². The fourth-order valence-electron chi connectivity index (χ4n) is 3.41. The molecule has 1 amide bonds. The van der Waals surface area contributed by atoms with Gasteiger partial charge in [-0.25, -0.2) is 0 Å². The van der Waals surface area contributed by atoms with Gasteiger partial charge in [-0.15, -0.1) is 0 Å². The molecule has 0 unspecified atom stereocenters. The molecular formula is C21H18ClF3N4O2. The Morgan fingerprint density at radius 2 is 1.81 bits per heavy atom. The Morgan fingerprint density at radius 3 is 2.52 bits per heavy atom. The summed E-state index contributed by atoms with van der Waals surface area (Å²) in [5.74, 6) is 0.318. The number of carbonyl (C=O) groups is 1. The van der Waals surface area contributed by atoms with Gasteiger partial charge in [0.05, 0.1) is 22.6 Å². The molecule has 0 atom stereocenters. The van der Waals surface area contributed by atoms with Crippen molar-refractivity contribution in [3.8, 4) is 11.5 Å². The van der Waals surface area contributed by atoms with Crippen molar-refractivity contribution in [3.05, 3.63) is 64.9 Å². The number of amides is 1. The number of rotatable bonds is 4. The van der Waals surface area contributed by atoms with E-state index in [9.17, 15) is 18.0 Å². The van der Waals surface area contributed by atoms with Gasteiger partial charge in [0.1, 0.15) is 0 Å². The van der Waals surface area contributed by atoms with Gasteiger partial charge < -0.3 is 14.3 Å². The Morgan fingerprint density at radius 1 is 1.06 bits per heavy atom. The highest BCUT2D eigenvalue weighted by Crippen LogP contribution is 2.32. The standard InChI is InChI=1S/C21H18ClF3N4O2/c22-17-7-2-1-6-16(17)20-26-18(27-31-20)13-19(30)29-10-8-28(9-11-29)15-5-3-4-14(12-15)21(23,24)25/h1-7,12H,8-11,13H2. The summed E-state index contributed by atoms with van der Waals surface area (Å²) in [6.07, 6.45) is -4.42. The summed E-state index contributed by atoms with van der Waals surface area (Å²) in [5, 5.41) is 4.32. The summed E-state index contributed by atoms with van der Waals surface area (Å²) in [6, 6.07) is 12.2. The smallest absolute Gasteiger partial charge is 0.368 e. The molecule has 10 heteroatoms. The first kappa shape index (κ1) is 21.2. The average Bonchev–Trinajstić information content (AvgIpc) is 3.22. The lowest BCUT2D eigenvalue weighted by molar-refractivity contribution is -0.137. The normalized spacial score (nSPS) is 14.7. The summed E-state index contributed by atoms with van der Waals surface area (Å²) in [5.41, 5.74) is 0.393. The highest BCUT2D eigenvalue weighted by molar-refractivity contribution is 6.33. The number of benzene rings is 2. The lowest BCUT2D eigenvalue weighted by Crippen LogP contribution is -2.49. The third-order valence-corrected chi connectivity index (χ3v) is 5.38. The molecule has 1 fully saturated rings. The topological polar surface area (TPSA) is 62.5 Å². The van der Waals surface area contributed by atoms with Crippen LogP contribution >= 0.6 is 11.6 Å². The average molecular weight is 451 g/mol. The molecule has 1 aliphatic rings. The fourth-order valence-corrected chi connectivity index (χ4v) is 3.63. The van der Waals surface area contributed by atoms with Crippen LogP contribution in [0.2, 0.25) is 5.02 Å². The second-order valence-corrected chi connectivity index (χ2v) is 7.50. The number of piperazine rings is 1. The molecule has 2 aromatic carbocycles. The minimum atomic E-state index is -4.39. The second kappa shape index (κ2) is 8.58. The van der Waals surface area contributed by atoms with Gasteiger partial charge in [-0.05, 0) is 30.3 Å². The maximum Gasteiger partial charge on any atom is 0.416 e. The van der Waals surface area contributed by atoms with Crippen molar-refractivity contribution in [3.63, 3.8) is 0 Å². The Hall–Kier alpha value is -3.07. The molecule has 1 saturated heterocycles. The number of anilines is 1. The Bertz CT molecular complexity index is 1080. The molecule has 0 aliphatic carbocycles. The third-order valence-electron chi connectivity index (χ3n) is 5.05. The quantitative estimate of drug-likeness (QED) is 0.593. The first-order chi connectivity index (χ1) is 14.8. The van der Waals surface area contributed by atoms with Crippen molar-refractivity contribution in [2.24, 2.45) is 0 Å².